The fourth-order valence-electron chi connectivity index (χ4n) is 1.80. The minimum atomic E-state index is -4.37. The molecule has 22 heavy (non-hydrogen) atoms. The topological polar surface area (TPSA) is 69.5 Å². The Hall–Kier alpha value is -2.88. The van der Waals surface area contributed by atoms with Gasteiger partial charge in [0, 0.05) is 0 Å². The molecule has 1 aromatic heterocycles. The molecule has 0 aliphatic rings. The van der Waals surface area contributed by atoms with Crippen molar-refractivity contribution in [2.45, 2.75) is 13.1 Å². The van der Waals surface area contributed by atoms with Crippen molar-refractivity contribution in [3.8, 4) is 6.07 Å². The van der Waals surface area contributed by atoms with Gasteiger partial charge in [-0.25, -0.2) is 5.10 Å². The zero-order valence-electron chi connectivity index (χ0n) is 11.4. The van der Waals surface area contributed by atoms with Crippen LogP contribution in [0.4, 0.5) is 13.2 Å². The molecule has 0 saturated heterocycles. The molecule has 112 valence electrons. The average Bonchev–Trinajstić information content (AvgIpc) is 2.46. The van der Waals surface area contributed by atoms with Crippen molar-refractivity contribution in [3.05, 3.63) is 62.6 Å². The van der Waals surface area contributed by atoms with Crippen molar-refractivity contribution in [2.75, 3.05) is 0 Å². The van der Waals surface area contributed by atoms with Crippen LogP contribution in [0.15, 0.2) is 29.1 Å². The molecule has 1 aromatic carbocycles. The number of nitriles is 1. The summed E-state index contributed by atoms with van der Waals surface area (Å²) in [6.45, 7) is 1.58. The van der Waals surface area contributed by atoms with Crippen molar-refractivity contribution < 1.29 is 13.2 Å². The second-order valence-corrected chi connectivity index (χ2v) is 4.50. The van der Waals surface area contributed by atoms with Crippen molar-refractivity contribution in [1.82, 2.24) is 10.2 Å². The number of nitrogens with zero attached hydrogens (tertiary/aromatic N) is 2. The van der Waals surface area contributed by atoms with E-state index in [4.69, 9.17) is 5.26 Å². The van der Waals surface area contributed by atoms with Crippen LogP contribution in [0.5, 0.6) is 0 Å². The second kappa shape index (κ2) is 5.85. The van der Waals surface area contributed by atoms with Crippen LogP contribution in [0, 0.1) is 18.3 Å². The van der Waals surface area contributed by atoms with Gasteiger partial charge in [0.2, 0.25) is 0 Å². The number of hydrogen-bond acceptors (Lipinski definition) is 3. The van der Waals surface area contributed by atoms with Crippen molar-refractivity contribution >= 4 is 12.2 Å². The first-order valence-electron chi connectivity index (χ1n) is 6.17. The largest absolute Gasteiger partial charge is 0.416 e. The van der Waals surface area contributed by atoms with Crippen LogP contribution in [0.25, 0.3) is 12.2 Å². The monoisotopic (exact) mass is 305 g/mol. The van der Waals surface area contributed by atoms with E-state index < -0.39 is 17.3 Å². The Morgan fingerprint density at radius 1 is 1.23 bits per heavy atom. The summed E-state index contributed by atoms with van der Waals surface area (Å²) in [6.07, 6.45) is -1.30. The maximum atomic E-state index is 12.5. The lowest BCUT2D eigenvalue weighted by Gasteiger charge is -2.06. The summed E-state index contributed by atoms with van der Waals surface area (Å²) in [5.74, 6) is 0. The first-order chi connectivity index (χ1) is 10.3. The van der Waals surface area contributed by atoms with E-state index in [1.807, 2.05) is 0 Å². The molecule has 0 aliphatic carbocycles. The van der Waals surface area contributed by atoms with Gasteiger partial charge in [0.05, 0.1) is 11.3 Å². The second-order valence-electron chi connectivity index (χ2n) is 4.50. The third kappa shape index (κ3) is 3.23. The molecule has 0 aliphatic heterocycles. The van der Waals surface area contributed by atoms with Gasteiger partial charge >= 0.3 is 6.18 Å². The van der Waals surface area contributed by atoms with E-state index in [1.54, 1.807) is 19.1 Å². The summed E-state index contributed by atoms with van der Waals surface area (Å²) in [4.78, 5) is 11.4. The summed E-state index contributed by atoms with van der Waals surface area (Å²) in [6, 6.07) is 6.39. The van der Waals surface area contributed by atoms with Crippen molar-refractivity contribution in [1.29, 1.82) is 5.26 Å². The van der Waals surface area contributed by atoms with Gasteiger partial charge in [0.25, 0.3) is 5.56 Å². The molecule has 7 heteroatoms. The molecule has 2 rings (SSSR count). The summed E-state index contributed by atoms with van der Waals surface area (Å²) in [5, 5.41) is 14.9. The predicted molar refractivity (Wildman–Crippen MR) is 74.7 cm³/mol. The van der Waals surface area contributed by atoms with Crippen LogP contribution < -0.4 is 5.56 Å². The van der Waals surface area contributed by atoms with Crippen LogP contribution >= 0.6 is 0 Å². The normalized spacial score (nSPS) is 11.6. The molecule has 0 fully saturated rings. The maximum absolute atomic E-state index is 12.5. The maximum Gasteiger partial charge on any atom is 0.416 e. The highest BCUT2D eigenvalue weighted by Crippen LogP contribution is 2.29. The van der Waals surface area contributed by atoms with E-state index in [2.05, 4.69) is 10.2 Å². The Kier molecular flexibility index (Phi) is 4.13. The highest BCUT2D eigenvalue weighted by molar-refractivity contribution is 5.70. The van der Waals surface area contributed by atoms with E-state index >= 15 is 0 Å². The summed E-state index contributed by atoms with van der Waals surface area (Å²) < 4.78 is 37.4. The smallest absolute Gasteiger partial charge is 0.267 e. The van der Waals surface area contributed by atoms with E-state index in [9.17, 15) is 18.0 Å². The minimum absolute atomic E-state index is 0.0398. The molecule has 0 atom stereocenters. The zero-order chi connectivity index (χ0) is 16.3. The SMILES string of the molecule is Cc1c(/C=C/c2ccc(C(F)(F)F)cc2)n[nH]c(=O)c1C#N. The van der Waals surface area contributed by atoms with Crippen molar-refractivity contribution in [3.63, 3.8) is 0 Å². The number of rotatable bonds is 2. The number of H-pyrrole nitrogens is 1. The molecule has 0 amide bonds. The molecule has 0 bridgehead atoms. The van der Waals surface area contributed by atoms with Crippen molar-refractivity contribution in [2.24, 2.45) is 0 Å². The first-order valence-corrected chi connectivity index (χ1v) is 6.17. The van der Waals surface area contributed by atoms with Gasteiger partial charge in [-0.2, -0.15) is 23.5 Å². The molecule has 2 aromatic rings. The van der Waals surface area contributed by atoms with E-state index in [0.29, 0.717) is 16.8 Å². The van der Waals surface area contributed by atoms with E-state index in [0.717, 1.165) is 12.1 Å². The zero-order valence-corrected chi connectivity index (χ0v) is 11.4. The molecule has 0 spiro atoms. The van der Waals surface area contributed by atoms with Gasteiger partial charge in [-0.05, 0) is 36.3 Å². The predicted octanol–water partition coefficient (Wildman–Crippen LogP) is 3.14. The quantitative estimate of drug-likeness (QED) is 0.926. The Morgan fingerprint density at radius 2 is 1.86 bits per heavy atom. The lowest BCUT2D eigenvalue weighted by atomic mass is 10.1. The van der Waals surface area contributed by atoms with Gasteiger partial charge in [0.15, 0.2) is 0 Å². The molecular weight excluding hydrogens is 295 g/mol. The molecule has 4 nitrogen and oxygen atoms in total. The Balaban J connectivity index is 2.30. The fourth-order valence-corrected chi connectivity index (χ4v) is 1.80. The van der Waals surface area contributed by atoms with Crippen LogP contribution in [0.2, 0.25) is 0 Å². The van der Waals surface area contributed by atoms with Crippen LogP contribution in [-0.4, -0.2) is 10.2 Å². The number of aromatic nitrogens is 2. The van der Waals surface area contributed by atoms with Crippen LogP contribution in [0.1, 0.15) is 27.9 Å². The lowest BCUT2D eigenvalue weighted by Crippen LogP contribution is -2.15. The molecule has 0 unspecified atom stereocenters. The van der Waals surface area contributed by atoms with Gasteiger partial charge < -0.3 is 0 Å². The summed E-state index contributed by atoms with van der Waals surface area (Å²) in [7, 11) is 0. The van der Waals surface area contributed by atoms with Crippen LogP contribution in [-0.2, 0) is 6.18 Å². The molecule has 1 heterocycles. The Bertz CT molecular complexity index is 812. The summed E-state index contributed by atoms with van der Waals surface area (Å²) >= 11 is 0. The van der Waals surface area contributed by atoms with Gasteiger partial charge in [-0.15, -0.1) is 0 Å². The fraction of sp³-hybridized carbons (Fsp3) is 0.133. The Morgan fingerprint density at radius 3 is 2.41 bits per heavy atom. The average molecular weight is 305 g/mol. The first kappa shape index (κ1) is 15.5. The molecule has 0 saturated carbocycles. The molecule has 1 N–H and O–H groups in total. The molecule has 0 radical (unpaired) electrons. The number of nitrogens with one attached hydrogen (secondary N) is 1. The van der Waals surface area contributed by atoms with Gasteiger partial charge in [0.1, 0.15) is 11.6 Å². The highest BCUT2D eigenvalue weighted by Gasteiger charge is 2.29. The third-order valence-corrected chi connectivity index (χ3v) is 3.05. The Labute approximate surface area is 123 Å². The molecular formula is C15H10F3N3O. The number of alkyl halides is 3. The number of hydrogen-bond donors (Lipinski definition) is 1. The number of halogens is 3. The number of aromatic amines is 1. The van der Waals surface area contributed by atoms with Crippen LogP contribution in [0.3, 0.4) is 0 Å². The van der Waals surface area contributed by atoms with E-state index in [-0.39, 0.29) is 5.56 Å². The van der Waals surface area contributed by atoms with Gasteiger partial charge in [-0.1, -0.05) is 18.2 Å². The lowest BCUT2D eigenvalue weighted by molar-refractivity contribution is -0.137. The summed E-state index contributed by atoms with van der Waals surface area (Å²) in [5.41, 5.74) is -0.0205. The highest BCUT2D eigenvalue weighted by atomic mass is 19.4. The number of benzene rings is 1. The minimum Gasteiger partial charge on any atom is -0.267 e. The third-order valence-electron chi connectivity index (χ3n) is 3.05. The van der Waals surface area contributed by atoms with E-state index in [1.165, 1.54) is 18.2 Å². The van der Waals surface area contributed by atoms with Gasteiger partial charge in [-0.3, -0.25) is 4.79 Å². The standard InChI is InChI=1S/C15H10F3N3O/c1-9-12(8-19)14(22)21-20-13(9)7-4-10-2-5-11(6-3-10)15(16,17)18/h2-7H,1H3,(H,21,22)/b7-4+.